The highest BCUT2D eigenvalue weighted by Gasteiger charge is 2.11. The predicted octanol–water partition coefficient (Wildman–Crippen LogP) is 4.16. The van der Waals surface area contributed by atoms with Gasteiger partial charge in [-0.25, -0.2) is 9.67 Å². The van der Waals surface area contributed by atoms with Crippen molar-refractivity contribution in [3.8, 4) is 17.1 Å². The molecule has 0 amide bonds. The summed E-state index contributed by atoms with van der Waals surface area (Å²) in [6, 6.07) is 17.7. The summed E-state index contributed by atoms with van der Waals surface area (Å²) in [6.07, 6.45) is 4.97. The summed E-state index contributed by atoms with van der Waals surface area (Å²) < 4.78 is 1.79. The van der Waals surface area contributed by atoms with Crippen molar-refractivity contribution in [2.24, 2.45) is 5.73 Å². The largest absolute Gasteiger partial charge is 0.390 e. The van der Waals surface area contributed by atoms with E-state index in [1.54, 1.807) is 10.7 Å². The minimum Gasteiger partial charge on any atom is -0.390 e. The second-order valence-electron chi connectivity index (χ2n) is 7.17. The number of aliphatic hydroxyl groups excluding tert-OH is 1. The SMILES string of the molecule is CCCCC(N)c1cccc(-c2ccc3cnn(-c4cccc(CO)n4)c3c2)n1. The molecule has 0 aliphatic heterocycles. The maximum atomic E-state index is 9.38. The Morgan fingerprint density at radius 3 is 2.76 bits per heavy atom. The van der Waals surface area contributed by atoms with Crippen LogP contribution in [0.2, 0.25) is 0 Å². The number of unbranched alkanes of at least 4 members (excludes halogenated alkanes) is 1. The molecule has 29 heavy (non-hydrogen) atoms. The third-order valence-electron chi connectivity index (χ3n) is 5.06. The number of aromatic nitrogens is 4. The molecular formula is C23H25N5O. The van der Waals surface area contributed by atoms with Crippen molar-refractivity contribution in [2.45, 2.75) is 38.8 Å². The number of benzene rings is 1. The van der Waals surface area contributed by atoms with E-state index in [-0.39, 0.29) is 12.6 Å². The van der Waals surface area contributed by atoms with E-state index in [0.717, 1.165) is 47.1 Å². The van der Waals surface area contributed by atoms with E-state index in [2.05, 4.69) is 29.1 Å². The molecule has 0 saturated carbocycles. The predicted molar refractivity (Wildman–Crippen MR) is 114 cm³/mol. The van der Waals surface area contributed by atoms with Crippen LogP contribution in [0.25, 0.3) is 28.0 Å². The van der Waals surface area contributed by atoms with Gasteiger partial charge < -0.3 is 10.8 Å². The monoisotopic (exact) mass is 387 g/mol. The first-order valence-corrected chi connectivity index (χ1v) is 9.97. The number of hydrogen-bond donors (Lipinski definition) is 2. The van der Waals surface area contributed by atoms with Gasteiger partial charge in [0.1, 0.15) is 0 Å². The fourth-order valence-corrected chi connectivity index (χ4v) is 3.42. The Morgan fingerprint density at radius 1 is 1.07 bits per heavy atom. The molecule has 1 aromatic carbocycles. The minimum absolute atomic E-state index is 0.0467. The Bertz CT molecular complexity index is 1120. The number of nitrogens with zero attached hydrogens (tertiary/aromatic N) is 4. The maximum absolute atomic E-state index is 9.38. The van der Waals surface area contributed by atoms with Crippen molar-refractivity contribution < 1.29 is 5.11 Å². The van der Waals surface area contributed by atoms with Gasteiger partial charge >= 0.3 is 0 Å². The average Bonchev–Trinajstić information content (AvgIpc) is 3.21. The molecule has 0 fully saturated rings. The van der Waals surface area contributed by atoms with Crippen LogP contribution < -0.4 is 5.73 Å². The molecule has 3 N–H and O–H groups in total. The summed E-state index contributed by atoms with van der Waals surface area (Å²) in [7, 11) is 0. The number of pyridine rings is 2. The number of aliphatic hydroxyl groups is 1. The van der Waals surface area contributed by atoms with E-state index in [9.17, 15) is 5.11 Å². The van der Waals surface area contributed by atoms with Crippen LogP contribution in [0.15, 0.2) is 60.8 Å². The number of nitrogens with two attached hydrogens (primary N) is 1. The van der Waals surface area contributed by atoms with Crippen molar-refractivity contribution in [3.05, 3.63) is 72.2 Å². The highest BCUT2D eigenvalue weighted by atomic mass is 16.3. The molecule has 1 unspecified atom stereocenters. The van der Waals surface area contributed by atoms with E-state index in [4.69, 9.17) is 10.7 Å². The molecule has 4 aromatic rings. The van der Waals surface area contributed by atoms with Crippen LogP contribution in [-0.4, -0.2) is 24.9 Å². The molecule has 0 bridgehead atoms. The van der Waals surface area contributed by atoms with Crippen molar-refractivity contribution in [3.63, 3.8) is 0 Å². The number of fused-ring (bicyclic) bond motifs is 1. The van der Waals surface area contributed by atoms with E-state index in [1.807, 2.05) is 42.6 Å². The summed E-state index contributed by atoms with van der Waals surface area (Å²) >= 11 is 0. The van der Waals surface area contributed by atoms with Gasteiger partial charge in [0, 0.05) is 17.0 Å². The van der Waals surface area contributed by atoms with Gasteiger partial charge in [0.25, 0.3) is 0 Å². The zero-order valence-electron chi connectivity index (χ0n) is 16.5. The first-order chi connectivity index (χ1) is 14.2. The summed E-state index contributed by atoms with van der Waals surface area (Å²) in [5.74, 6) is 0.673. The Morgan fingerprint density at radius 2 is 1.93 bits per heavy atom. The van der Waals surface area contributed by atoms with Gasteiger partial charge in [0.2, 0.25) is 0 Å². The fraction of sp³-hybridized carbons (Fsp3) is 0.261. The zero-order valence-corrected chi connectivity index (χ0v) is 16.5. The van der Waals surface area contributed by atoms with Gasteiger partial charge in [-0.15, -0.1) is 0 Å². The first kappa shape index (κ1) is 19.2. The second-order valence-corrected chi connectivity index (χ2v) is 7.17. The quantitative estimate of drug-likeness (QED) is 0.497. The summed E-state index contributed by atoms with van der Waals surface area (Å²) in [5.41, 5.74) is 10.7. The molecule has 3 heterocycles. The number of hydrogen-bond acceptors (Lipinski definition) is 5. The molecule has 0 saturated heterocycles. The topological polar surface area (TPSA) is 89.8 Å². The standard InChI is InChI=1S/C23H25N5O/c1-2-3-7-19(24)21-9-5-8-20(27-21)16-11-12-17-14-25-28(22(17)13-16)23-10-4-6-18(15-29)26-23/h4-6,8-14,19,29H,2-3,7,15,24H2,1H3. The van der Waals surface area contributed by atoms with Crippen LogP contribution in [0.1, 0.15) is 43.6 Å². The molecule has 0 aliphatic carbocycles. The highest BCUT2D eigenvalue weighted by Crippen LogP contribution is 2.26. The molecule has 6 nitrogen and oxygen atoms in total. The Hall–Kier alpha value is -3.09. The molecule has 3 aromatic heterocycles. The molecule has 4 rings (SSSR count). The van der Waals surface area contributed by atoms with Crippen molar-refractivity contribution in [1.82, 2.24) is 19.7 Å². The van der Waals surface area contributed by atoms with Gasteiger partial charge in [0.05, 0.1) is 35.4 Å². The van der Waals surface area contributed by atoms with Crippen LogP contribution in [0.3, 0.4) is 0 Å². The van der Waals surface area contributed by atoms with Gasteiger partial charge in [0.15, 0.2) is 5.82 Å². The zero-order chi connectivity index (χ0) is 20.2. The lowest BCUT2D eigenvalue weighted by molar-refractivity contribution is 0.276. The van der Waals surface area contributed by atoms with E-state index >= 15 is 0 Å². The first-order valence-electron chi connectivity index (χ1n) is 9.97. The molecule has 0 spiro atoms. The normalized spacial score (nSPS) is 12.4. The number of rotatable bonds is 7. The van der Waals surface area contributed by atoms with Gasteiger partial charge in [-0.3, -0.25) is 4.98 Å². The third kappa shape index (κ3) is 4.04. The smallest absolute Gasteiger partial charge is 0.154 e. The third-order valence-corrected chi connectivity index (χ3v) is 5.06. The minimum atomic E-state index is -0.104. The lowest BCUT2D eigenvalue weighted by Gasteiger charge is -2.12. The molecule has 6 heteroatoms. The van der Waals surface area contributed by atoms with E-state index in [0.29, 0.717) is 11.5 Å². The van der Waals surface area contributed by atoms with E-state index < -0.39 is 0 Å². The van der Waals surface area contributed by atoms with Crippen LogP contribution in [-0.2, 0) is 6.61 Å². The molecule has 148 valence electrons. The van der Waals surface area contributed by atoms with Crippen LogP contribution in [0.5, 0.6) is 0 Å². The van der Waals surface area contributed by atoms with Gasteiger partial charge in [-0.2, -0.15) is 5.10 Å². The fourth-order valence-electron chi connectivity index (χ4n) is 3.42. The van der Waals surface area contributed by atoms with Crippen LogP contribution in [0.4, 0.5) is 0 Å². The van der Waals surface area contributed by atoms with E-state index in [1.165, 1.54) is 0 Å². The molecular weight excluding hydrogens is 362 g/mol. The Kier molecular flexibility index (Phi) is 5.64. The van der Waals surface area contributed by atoms with Crippen LogP contribution in [0, 0.1) is 0 Å². The Labute approximate surface area is 170 Å². The average molecular weight is 387 g/mol. The van der Waals surface area contributed by atoms with Crippen molar-refractivity contribution in [2.75, 3.05) is 0 Å². The lowest BCUT2D eigenvalue weighted by Crippen LogP contribution is -2.12. The molecule has 0 radical (unpaired) electrons. The van der Waals surface area contributed by atoms with Crippen LogP contribution >= 0.6 is 0 Å². The summed E-state index contributed by atoms with van der Waals surface area (Å²) in [5, 5.41) is 14.9. The summed E-state index contributed by atoms with van der Waals surface area (Å²) in [4.78, 5) is 9.28. The lowest BCUT2D eigenvalue weighted by atomic mass is 10.0. The van der Waals surface area contributed by atoms with Crippen molar-refractivity contribution in [1.29, 1.82) is 0 Å². The van der Waals surface area contributed by atoms with Gasteiger partial charge in [-0.1, -0.05) is 44.0 Å². The second kappa shape index (κ2) is 8.51. The molecule has 1 atom stereocenters. The molecule has 0 aliphatic rings. The van der Waals surface area contributed by atoms with Crippen molar-refractivity contribution >= 4 is 10.9 Å². The summed E-state index contributed by atoms with van der Waals surface area (Å²) in [6.45, 7) is 2.06. The highest BCUT2D eigenvalue weighted by molar-refractivity contribution is 5.84. The Balaban J connectivity index is 1.72. The van der Waals surface area contributed by atoms with Gasteiger partial charge in [-0.05, 0) is 36.8 Å². The maximum Gasteiger partial charge on any atom is 0.154 e.